The first-order valence-electron chi connectivity index (χ1n) is 12.3. The average Bonchev–Trinajstić information content (AvgIpc) is 2.95. The lowest BCUT2D eigenvalue weighted by Crippen LogP contribution is -2.27. The summed E-state index contributed by atoms with van der Waals surface area (Å²) in [6.45, 7) is 6.59. The first kappa shape index (κ1) is 27.0. The van der Waals surface area contributed by atoms with E-state index in [9.17, 15) is 10.4 Å². The summed E-state index contributed by atoms with van der Waals surface area (Å²) in [5, 5.41) is 22.1. The van der Waals surface area contributed by atoms with E-state index >= 15 is 0 Å². The molecule has 5 nitrogen and oxygen atoms in total. The normalized spacial score (nSPS) is 11.4. The van der Waals surface area contributed by atoms with E-state index in [-0.39, 0.29) is 11.8 Å². The van der Waals surface area contributed by atoms with Crippen molar-refractivity contribution < 1.29 is 14.6 Å². The lowest BCUT2D eigenvalue weighted by atomic mass is 10.0. The minimum atomic E-state index is -0.264. The number of hydrogen-bond donors (Lipinski definition) is 2. The predicted octanol–water partition coefficient (Wildman–Crippen LogP) is 7.70. The quantitative estimate of drug-likeness (QED) is 0.181. The first-order valence-corrected chi connectivity index (χ1v) is 13.1. The van der Waals surface area contributed by atoms with Crippen LogP contribution in [0.15, 0.2) is 108 Å². The summed E-state index contributed by atoms with van der Waals surface area (Å²) in [6.07, 6.45) is 0. The van der Waals surface area contributed by atoms with Crippen LogP contribution in [-0.4, -0.2) is 11.1 Å². The number of nitrogens with one attached hydrogen (secondary N) is 1. The van der Waals surface area contributed by atoms with Crippen molar-refractivity contribution in [1.29, 1.82) is 5.26 Å². The molecule has 0 aliphatic heterocycles. The van der Waals surface area contributed by atoms with Crippen LogP contribution in [0.4, 0.5) is 0 Å². The van der Waals surface area contributed by atoms with Crippen LogP contribution in [0.1, 0.15) is 29.2 Å². The molecule has 0 aliphatic carbocycles. The second-order valence-corrected chi connectivity index (χ2v) is 9.69. The molecule has 0 unspecified atom stereocenters. The maximum Gasteiger partial charge on any atom is 0.127 e. The molecule has 0 spiro atoms. The maximum absolute atomic E-state index is 9.67. The smallest absolute Gasteiger partial charge is 0.127 e. The molecule has 0 fully saturated rings. The molecule has 4 rings (SSSR count). The fourth-order valence-corrected chi connectivity index (χ4v) is 4.48. The van der Waals surface area contributed by atoms with Crippen LogP contribution >= 0.6 is 15.9 Å². The third-order valence-corrected chi connectivity index (χ3v) is 7.08. The molecule has 4 aromatic carbocycles. The number of aliphatic hydroxyl groups excluding tert-OH is 1. The highest BCUT2D eigenvalue weighted by Gasteiger charge is 2.12. The fourth-order valence-electron chi connectivity index (χ4n) is 3.87. The summed E-state index contributed by atoms with van der Waals surface area (Å²) in [5.74, 6) is 1.40. The zero-order chi connectivity index (χ0) is 26.9. The van der Waals surface area contributed by atoms with E-state index < -0.39 is 0 Å². The van der Waals surface area contributed by atoms with Gasteiger partial charge in [0, 0.05) is 28.2 Å². The van der Waals surface area contributed by atoms with E-state index in [1.54, 1.807) is 6.07 Å². The van der Waals surface area contributed by atoms with Crippen molar-refractivity contribution in [3.63, 3.8) is 0 Å². The highest BCUT2D eigenvalue weighted by atomic mass is 79.9. The Morgan fingerprint density at radius 1 is 0.947 bits per heavy atom. The second-order valence-electron chi connectivity index (χ2n) is 8.90. The van der Waals surface area contributed by atoms with E-state index in [1.165, 1.54) is 0 Å². The Kier molecular flexibility index (Phi) is 9.21. The number of rotatable bonds is 11. The number of nitriles is 1. The Morgan fingerprint density at radius 3 is 2.50 bits per heavy atom. The van der Waals surface area contributed by atoms with Gasteiger partial charge in [-0.1, -0.05) is 73.3 Å². The molecule has 38 heavy (non-hydrogen) atoms. The second kappa shape index (κ2) is 13.0. The molecule has 0 saturated heterocycles. The van der Waals surface area contributed by atoms with Gasteiger partial charge in [0.25, 0.3) is 0 Å². The standard InChI is InChI=1S/C32H29BrN2O3/c1-22(23(2)36)35-19-27-14-15-29(17-31(27)38-20-25-9-6-8-24(16-25)18-34)37-21-28-12-7-13-30(32(28)33)26-10-4-3-5-11-26/h3-17,22,35-36H,2,19-21H2,1H3/t22-/m0/s1. The number of benzene rings is 4. The van der Waals surface area contributed by atoms with E-state index in [1.807, 2.05) is 73.7 Å². The van der Waals surface area contributed by atoms with Crippen molar-refractivity contribution in [2.45, 2.75) is 32.7 Å². The third kappa shape index (κ3) is 7.04. The van der Waals surface area contributed by atoms with E-state index in [0.29, 0.717) is 36.8 Å². The van der Waals surface area contributed by atoms with E-state index in [4.69, 9.17) is 9.47 Å². The van der Waals surface area contributed by atoms with Gasteiger partial charge < -0.3 is 19.9 Å². The van der Waals surface area contributed by atoms with Crippen molar-refractivity contribution in [3.05, 3.63) is 130 Å². The summed E-state index contributed by atoms with van der Waals surface area (Å²) in [6, 6.07) is 31.3. The number of aliphatic hydroxyl groups is 1. The number of ether oxygens (including phenoxy) is 2. The third-order valence-electron chi connectivity index (χ3n) is 6.15. The lowest BCUT2D eigenvalue weighted by molar-refractivity contribution is 0.286. The summed E-state index contributed by atoms with van der Waals surface area (Å²) in [7, 11) is 0. The average molecular weight is 569 g/mol. The number of hydrogen-bond acceptors (Lipinski definition) is 5. The molecule has 2 N–H and O–H groups in total. The molecule has 1 atom stereocenters. The zero-order valence-electron chi connectivity index (χ0n) is 21.2. The van der Waals surface area contributed by atoms with Gasteiger partial charge in [0.2, 0.25) is 0 Å². The molecular formula is C32H29BrN2O3. The van der Waals surface area contributed by atoms with Gasteiger partial charge in [0.05, 0.1) is 17.7 Å². The van der Waals surface area contributed by atoms with Crippen LogP contribution in [0.2, 0.25) is 0 Å². The van der Waals surface area contributed by atoms with Crippen molar-refractivity contribution in [2.24, 2.45) is 0 Å². The Morgan fingerprint density at radius 2 is 1.74 bits per heavy atom. The van der Waals surface area contributed by atoms with Crippen LogP contribution in [0.25, 0.3) is 11.1 Å². The molecule has 0 saturated carbocycles. The molecule has 0 heterocycles. The Bertz CT molecular complexity index is 1450. The minimum absolute atomic E-state index is 0.0732. The maximum atomic E-state index is 9.67. The number of nitrogens with zero attached hydrogens (tertiary/aromatic N) is 1. The van der Waals surface area contributed by atoms with Gasteiger partial charge in [0.15, 0.2) is 0 Å². The molecule has 0 aromatic heterocycles. The van der Waals surface area contributed by atoms with E-state index in [0.717, 1.165) is 32.3 Å². The van der Waals surface area contributed by atoms with Crippen molar-refractivity contribution >= 4 is 15.9 Å². The molecule has 4 aromatic rings. The van der Waals surface area contributed by atoms with Gasteiger partial charge >= 0.3 is 0 Å². The van der Waals surface area contributed by atoms with Gasteiger partial charge in [-0.25, -0.2) is 0 Å². The van der Waals surface area contributed by atoms with E-state index in [2.05, 4.69) is 52.1 Å². The molecular weight excluding hydrogens is 540 g/mol. The SMILES string of the molecule is C=C(O)[C@H](C)NCc1ccc(OCc2cccc(-c3ccccc3)c2Br)cc1OCc1cccc(C#N)c1. The van der Waals surface area contributed by atoms with Crippen LogP contribution in [-0.2, 0) is 19.8 Å². The summed E-state index contributed by atoms with van der Waals surface area (Å²) in [4.78, 5) is 0. The predicted molar refractivity (Wildman–Crippen MR) is 154 cm³/mol. The Balaban J connectivity index is 1.52. The summed E-state index contributed by atoms with van der Waals surface area (Å²) < 4.78 is 13.4. The zero-order valence-corrected chi connectivity index (χ0v) is 22.7. The topological polar surface area (TPSA) is 74.5 Å². The monoisotopic (exact) mass is 568 g/mol. The van der Waals surface area contributed by atoms with Crippen molar-refractivity contribution in [3.8, 4) is 28.7 Å². The molecule has 6 heteroatoms. The molecule has 192 valence electrons. The van der Waals surface area contributed by atoms with Gasteiger partial charge in [-0.15, -0.1) is 0 Å². The minimum Gasteiger partial charge on any atom is -0.511 e. The van der Waals surface area contributed by atoms with Crippen LogP contribution in [0, 0.1) is 11.3 Å². The van der Waals surface area contributed by atoms with Crippen LogP contribution in [0.3, 0.4) is 0 Å². The number of halogens is 1. The van der Waals surface area contributed by atoms with Crippen LogP contribution in [0.5, 0.6) is 11.5 Å². The van der Waals surface area contributed by atoms with Crippen molar-refractivity contribution in [1.82, 2.24) is 5.32 Å². The lowest BCUT2D eigenvalue weighted by Gasteiger charge is -2.17. The Labute approximate surface area is 232 Å². The fraction of sp³-hybridized carbons (Fsp3) is 0.156. The Hall–Kier alpha value is -4.05. The summed E-state index contributed by atoms with van der Waals surface area (Å²) in [5.41, 5.74) is 5.67. The highest BCUT2D eigenvalue weighted by Crippen LogP contribution is 2.32. The van der Waals surface area contributed by atoms with Crippen molar-refractivity contribution in [2.75, 3.05) is 0 Å². The molecule has 0 radical (unpaired) electrons. The van der Waals surface area contributed by atoms with Gasteiger partial charge in [-0.2, -0.15) is 5.26 Å². The molecule has 0 bridgehead atoms. The van der Waals surface area contributed by atoms with Gasteiger partial charge in [0.1, 0.15) is 30.5 Å². The van der Waals surface area contributed by atoms with Crippen LogP contribution < -0.4 is 14.8 Å². The first-order chi connectivity index (χ1) is 18.4. The highest BCUT2D eigenvalue weighted by molar-refractivity contribution is 9.10. The van der Waals surface area contributed by atoms with Gasteiger partial charge in [-0.3, -0.25) is 0 Å². The van der Waals surface area contributed by atoms with Gasteiger partial charge in [-0.05, 0) is 57.7 Å². The largest absolute Gasteiger partial charge is 0.511 e. The molecule has 0 aliphatic rings. The molecule has 0 amide bonds. The summed E-state index contributed by atoms with van der Waals surface area (Å²) >= 11 is 3.76.